The van der Waals surface area contributed by atoms with Gasteiger partial charge in [-0.2, -0.15) is 0 Å². The lowest BCUT2D eigenvalue weighted by molar-refractivity contribution is 0.102. The van der Waals surface area contributed by atoms with E-state index in [2.05, 4.69) is 15.6 Å². The van der Waals surface area contributed by atoms with E-state index in [0.717, 1.165) is 37.2 Å². The monoisotopic (exact) mass is 375 g/mol. The van der Waals surface area contributed by atoms with Crippen molar-refractivity contribution >= 4 is 28.9 Å². The molecule has 0 bridgehead atoms. The molecule has 1 saturated heterocycles. The zero-order valence-electron chi connectivity index (χ0n) is 14.8. The Kier molecular flexibility index (Phi) is 5.96. The summed E-state index contributed by atoms with van der Waals surface area (Å²) in [6.07, 6.45) is 4.08. The molecule has 2 heterocycles. The average Bonchev–Trinajstić information content (AvgIpc) is 3.17. The Morgan fingerprint density at radius 3 is 2.92 bits per heavy atom. The first-order chi connectivity index (χ1) is 12.6. The number of pyridine rings is 1. The lowest BCUT2D eigenvalue weighted by Gasteiger charge is -2.13. The Morgan fingerprint density at radius 1 is 1.42 bits per heavy atom. The number of carbonyl (C=O) groups excluding carboxylic acids is 1. The average molecular weight is 376 g/mol. The van der Waals surface area contributed by atoms with Gasteiger partial charge in [0, 0.05) is 24.2 Å². The maximum atomic E-state index is 12.5. The van der Waals surface area contributed by atoms with Crippen LogP contribution in [0.25, 0.3) is 0 Å². The topological polar surface area (TPSA) is 72.5 Å². The lowest BCUT2D eigenvalue weighted by Crippen LogP contribution is -2.19. The second-order valence-electron chi connectivity index (χ2n) is 6.20. The van der Waals surface area contributed by atoms with Crippen molar-refractivity contribution in [1.29, 1.82) is 0 Å². The molecule has 26 heavy (non-hydrogen) atoms. The highest BCUT2D eigenvalue weighted by molar-refractivity contribution is 6.31. The summed E-state index contributed by atoms with van der Waals surface area (Å²) in [6.45, 7) is 3.44. The summed E-state index contributed by atoms with van der Waals surface area (Å²) in [4.78, 5) is 16.7. The number of amides is 1. The summed E-state index contributed by atoms with van der Waals surface area (Å²) >= 11 is 6.09. The molecule has 1 aliphatic heterocycles. The van der Waals surface area contributed by atoms with E-state index in [1.807, 2.05) is 13.0 Å². The molecule has 138 valence electrons. The van der Waals surface area contributed by atoms with Crippen molar-refractivity contribution < 1.29 is 14.3 Å². The number of methoxy groups -OCH3 is 1. The predicted molar refractivity (Wildman–Crippen MR) is 102 cm³/mol. The molecule has 0 saturated carbocycles. The number of benzene rings is 1. The smallest absolute Gasteiger partial charge is 0.274 e. The summed E-state index contributed by atoms with van der Waals surface area (Å²) in [5, 5.41) is 6.68. The van der Waals surface area contributed by atoms with Crippen molar-refractivity contribution in [2.75, 3.05) is 30.9 Å². The van der Waals surface area contributed by atoms with Gasteiger partial charge in [-0.1, -0.05) is 11.6 Å². The van der Waals surface area contributed by atoms with Gasteiger partial charge in [-0.05, 0) is 43.5 Å². The van der Waals surface area contributed by atoms with Crippen molar-refractivity contribution in [3.05, 3.63) is 46.7 Å². The third-order valence-electron chi connectivity index (χ3n) is 4.28. The van der Waals surface area contributed by atoms with E-state index in [1.165, 1.54) is 7.11 Å². The van der Waals surface area contributed by atoms with Crippen LogP contribution in [0.4, 0.5) is 11.4 Å². The van der Waals surface area contributed by atoms with E-state index in [9.17, 15) is 4.79 Å². The van der Waals surface area contributed by atoms with Gasteiger partial charge in [-0.3, -0.25) is 4.79 Å². The fraction of sp³-hybridized carbons (Fsp3) is 0.368. The number of aromatic nitrogens is 1. The molecule has 3 rings (SSSR count). The van der Waals surface area contributed by atoms with Crippen molar-refractivity contribution in [3.63, 3.8) is 0 Å². The maximum Gasteiger partial charge on any atom is 0.274 e. The van der Waals surface area contributed by atoms with Gasteiger partial charge in [-0.25, -0.2) is 4.98 Å². The van der Waals surface area contributed by atoms with Crippen LogP contribution in [-0.4, -0.2) is 37.3 Å². The Balaban J connectivity index is 1.63. The molecule has 0 spiro atoms. The van der Waals surface area contributed by atoms with Crippen LogP contribution in [0.3, 0.4) is 0 Å². The van der Waals surface area contributed by atoms with Gasteiger partial charge < -0.3 is 20.1 Å². The molecular formula is C19H22ClN3O3. The molecule has 1 unspecified atom stereocenters. The van der Waals surface area contributed by atoms with Crippen LogP contribution < -0.4 is 15.4 Å². The molecule has 2 aromatic rings. The number of ether oxygens (including phenoxy) is 2. The van der Waals surface area contributed by atoms with Crippen LogP contribution in [0.15, 0.2) is 30.5 Å². The number of hydrogen-bond acceptors (Lipinski definition) is 5. The first-order valence-electron chi connectivity index (χ1n) is 8.54. The van der Waals surface area contributed by atoms with E-state index in [1.54, 1.807) is 24.4 Å². The Bertz CT molecular complexity index is 774. The van der Waals surface area contributed by atoms with Crippen LogP contribution in [0, 0.1) is 6.92 Å². The Hall–Kier alpha value is -2.31. The highest BCUT2D eigenvalue weighted by Gasteiger charge is 2.16. The fourth-order valence-electron chi connectivity index (χ4n) is 2.79. The van der Waals surface area contributed by atoms with Gasteiger partial charge in [0.1, 0.15) is 11.4 Å². The van der Waals surface area contributed by atoms with E-state index < -0.39 is 0 Å². The zero-order valence-corrected chi connectivity index (χ0v) is 15.6. The molecule has 1 atom stereocenters. The third-order valence-corrected chi connectivity index (χ3v) is 4.69. The number of hydrogen-bond donors (Lipinski definition) is 2. The third kappa shape index (κ3) is 4.45. The minimum atomic E-state index is -0.310. The Morgan fingerprint density at radius 2 is 2.27 bits per heavy atom. The number of nitrogens with one attached hydrogen (secondary N) is 2. The largest absolute Gasteiger partial charge is 0.495 e. The fourth-order valence-corrected chi connectivity index (χ4v) is 2.94. The van der Waals surface area contributed by atoms with E-state index in [-0.39, 0.29) is 12.0 Å². The normalized spacial score (nSPS) is 16.3. The van der Waals surface area contributed by atoms with Crippen LogP contribution in [0.2, 0.25) is 5.02 Å². The van der Waals surface area contributed by atoms with E-state index >= 15 is 0 Å². The lowest BCUT2D eigenvalue weighted by atomic mass is 10.2. The maximum absolute atomic E-state index is 12.5. The molecule has 1 aliphatic rings. The molecule has 1 amide bonds. The zero-order chi connectivity index (χ0) is 18.5. The van der Waals surface area contributed by atoms with Crippen molar-refractivity contribution in [3.8, 4) is 5.75 Å². The molecule has 7 heteroatoms. The summed E-state index contributed by atoms with van der Waals surface area (Å²) in [7, 11) is 1.53. The number of halogens is 1. The predicted octanol–water partition coefficient (Wildman–Crippen LogP) is 3.90. The molecule has 6 nitrogen and oxygen atoms in total. The van der Waals surface area contributed by atoms with Gasteiger partial charge in [0.25, 0.3) is 5.91 Å². The first-order valence-corrected chi connectivity index (χ1v) is 8.91. The van der Waals surface area contributed by atoms with Gasteiger partial charge in [0.15, 0.2) is 0 Å². The quantitative estimate of drug-likeness (QED) is 0.801. The molecule has 1 fully saturated rings. The summed E-state index contributed by atoms with van der Waals surface area (Å²) < 4.78 is 10.9. The molecular weight excluding hydrogens is 354 g/mol. The van der Waals surface area contributed by atoms with Crippen LogP contribution in [0.1, 0.15) is 28.9 Å². The van der Waals surface area contributed by atoms with Crippen LogP contribution in [-0.2, 0) is 4.74 Å². The molecule has 1 aromatic heterocycles. The van der Waals surface area contributed by atoms with E-state index in [4.69, 9.17) is 21.1 Å². The summed E-state index contributed by atoms with van der Waals surface area (Å²) in [5.41, 5.74) is 2.59. The number of carbonyl (C=O) groups is 1. The highest BCUT2D eigenvalue weighted by Crippen LogP contribution is 2.31. The standard InChI is InChI=1S/C19H22ClN3O3/c1-12-8-17(18(25-2)9-15(12)20)23-19(24)16-6-5-13(10-22-16)21-11-14-4-3-7-26-14/h5-6,8-10,14,21H,3-4,7,11H2,1-2H3,(H,23,24). The van der Waals surface area contributed by atoms with Gasteiger partial charge in [0.2, 0.25) is 0 Å². The van der Waals surface area contributed by atoms with Gasteiger partial charge >= 0.3 is 0 Å². The van der Waals surface area contributed by atoms with Gasteiger partial charge in [-0.15, -0.1) is 0 Å². The first kappa shape index (κ1) is 18.5. The molecule has 2 N–H and O–H groups in total. The molecule has 1 aromatic carbocycles. The minimum absolute atomic E-state index is 0.249. The number of nitrogens with zero attached hydrogens (tertiary/aromatic N) is 1. The minimum Gasteiger partial charge on any atom is -0.495 e. The highest BCUT2D eigenvalue weighted by atomic mass is 35.5. The second-order valence-corrected chi connectivity index (χ2v) is 6.61. The van der Waals surface area contributed by atoms with Crippen molar-refractivity contribution in [2.45, 2.75) is 25.9 Å². The number of rotatable bonds is 6. The molecule has 0 aliphatic carbocycles. The SMILES string of the molecule is COc1cc(Cl)c(C)cc1NC(=O)c1ccc(NCC2CCCO2)cn1. The number of aryl methyl sites for hydroxylation is 1. The second kappa shape index (κ2) is 8.38. The van der Waals surface area contributed by atoms with Crippen LogP contribution in [0.5, 0.6) is 5.75 Å². The summed E-state index contributed by atoms with van der Waals surface area (Å²) in [5.74, 6) is 0.194. The van der Waals surface area contributed by atoms with Gasteiger partial charge in [0.05, 0.1) is 30.8 Å². The van der Waals surface area contributed by atoms with Crippen molar-refractivity contribution in [1.82, 2.24) is 4.98 Å². The number of anilines is 2. The van der Waals surface area contributed by atoms with E-state index in [0.29, 0.717) is 22.2 Å². The van der Waals surface area contributed by atoms with Crippen molar-refractivity contribution in [2.24, 2.45) is 0 Å². The molecule has 0 radical (unpaired) electrons. The van der Waals surface area contributed by atoms with Crippen LogP contribution >= 0.6 is 11.6 Å². The Labute approximate surface area is 157 Å². The summed E-state index contributed by atoms with van der Waals surface area (Å²) in [6, 6.07) is 6.97.